The summed E-state index contributed by atoms with van der Waals surface area (Å²) in [6.45, 7) is 0.127. The van der Waals surface area contributed by atoms with E-state index in [1.807, 2.05) is 0 Å². The van der Waals surface area contributed by atoms with Crippen LogP contribution < -0.4 is 4.74 Å². The average Bonchev–Trinajstić information content (AvgIpc) is 2.46. The van der Waals surface area contributed by atoms with Crippen molar-refractivity contribution >= 4 is 12.0 Å². The molecule has 0 heterocycles. The van der Waals surface area contributed by atoms with Crippen LogP contribution in [-0.2, 0) is 6.61 Å². The summed E-state index contributed by atoms with van der Waals surface area (Å²) in [5.74, 6) is 0.226. The normalized spacial score (nSPS) is 10.0. The highest BCUT2D eigenvalue weighted by atomic mass is 16.6. The summed E-state index contributed by atoms with van der Waals surface area (Å²) in [6, 6.07) is 10.3. The van der Waals surface area contributed by atoms with E-state index in [9.17, 15) is 14.9 Å². The number of phenols is 1. The molecular formula is C14H11NO5. The number of benzene rings is 2. The van der Waals surface area contributed by atoms with E-state index in [0.29, 0.717) is 6.29 Å². The second kappa shape index (κ2) is 5.83. The molecule has 6 nitrogen and oxygen atoms in total. The van der Waals surface area contributed by atoms with Gasteiger partial charge < -0.3 is 9.84 Å². The number of rotatable bonds is 5. The number of hydrogen-bond donors (Lipinski definition) is 1. The molecule has 0 amide bonds. The minimum Gasteiger partial charge on any atom is -0.508 e. The number of nitrogens with zero attached hydrogens (tertiary/aromatic N) is 1. The Bertz CT molecular complexity index is 637. The van der Waals surface area contributed by atoms with Gasteiger partial charge in [-0.15, -0.1) is 0 Å². The SMILES string of the molecule is O=Cc1ccc(OCc2ccc(O)cc2)c([N+](=O)[O-])c1. The van der Waals surface area contributed by atoms with E-state index in [4.69, 9.17) is 9.84 Å². The van der Waals surface area contributed by atoms with E-state index in [-0.39, 0.29) is 29.4 Å². The van der Waals surface area contributed by atoms with Crippen molar-refractivity contribution in [3.8, 4) is 11.5 Å². The quantitative estimate of drug-likeness (QED) is 0.514. The maximum absolute atomic E-state index is 10.9. The fourth-order valence-corrected chi connectivity index (χ4v) is 1.63. The predicted octanol–water partition coefficient (Wildman–Crippen LogP) is 2.69. The first kappa shape index (κ1) is 13.5. The van der Waals surface area contributed by atoms with Gasteiger partial charge in [-0.25, -0.2) is 0 Å². The lowest BCUT2D eigenvalue weighted by Gasteiger charge is -2.07. The molecule has 102 valence electrons. The van der Waals surface area contributed by atoms with Gasteiger partial charge in [-0.2, -0.15) is 0 Å². The summed E-state index contributed by atoms with van der Waals surface area (Å²) >= 11 is 0. The Morgan fingerprint density at radius 2 is 1.90 bits per heavy atom. The van der Waals surface area contributed by atoms with Crippen LogP contribution in [0.3, 0.4) is 0 Å². The van der Waals surface area contributed by atoms with Crippen LogP contribution >= 0.6 is 0 Å². The summed E-state index contributed by atoms with van der Waals surface area (Å²) in [6.07, 6.45) is 0.538. The smallest absolute Gasteiger partial charge is 0.311 e. The first-order valence-corrected chi connectivity index (χ1v) is 5.74. The molecule has 0 saturated carbocycles. The van der Waals surface area contributed by atoms with E-state index in [2.05, 4.69) is 0 Å². The van der Waals surface area contributed by atoms with Gasteiger partial charge in [0.2, 0.25) is 0 Å². The Kier molecular flexibility index (Phi) is 3.95. The van der Waals surface area contributed by atoms with Gasteiger partial charge in [0.25, 0.3) is 0 Å². The third-order valence-electron chi connectivity index (χ3n) is 2.65. The third-order valence-corrected chi connectivity index (χ3v) is 2.65. The zero-order valence-electron chi connectivity index (χ0n) is 10.4. The van der Waals surface area contributed by atoms with Crippen LogP contribution in [0, 0.1) is 10.1 Å². The maximum atomic E-state index is 10.9. The summed E-state index contributed by atoms with van der Waals surface area (Å²) in [4.78, 5) is 20.9. The predicted molar refractivity (Wildman–Crippen MR) is 70.9 cm³/mol. The second-order valence-electron chi connectivity index (χ2n) is 4.06. The maximum Gasteiger partial charge on any atom is 0.311 e. The molecule has 2 aromatic carbocycles. The molecular weight excluding hydrogens is 262 g/mol. The van der Waals surface area contributed by atoms with E-state index in [1.165, 1.54) is 30.3 Å². The van der Waals surface area contributed by atoms with Gasteiger partial charge >= 0.3 is 5.69 Å². The van der Waals surface area contributed by atoms with Crippen molar-refractivity contribution in [2.24, 2.45) is 0 Å². The minimum atomic E-state index is -0.598. The molecule has 2 aromatic rings. The Hall–Kier alpha value is -2.89. The number of carbonyl (C=O) groups excluding carboxylic acids is 1. The summed E-state index contributed by atoms with van der Waals surface area (Å²) in [5.41, 5.74) is 0.721. The first-order chi connectivity index (χ1) is 9.60. The van der Waals surface area contributed by atoms with Gasteiger partial charge in [0, 0.05) is 11.6 Å². The van der Waals surface area contributed by atoms with Crippen molar-refractivity contribution < 1.29 is 19.6 Å². The van der Waals surface area contributed by atoms with Crippen LogP contribution in [0.4, 0.5) is 5.69 Å². The molecule has 0 radical (unpaired) electrons. The largest absolute Gasteiger partial charge is 0.508 e. The Balaban J connectivity index is 2.18. The van der Waals surface area contributed by atoms with Crippen LogP contribution in [0.15, 0.2) is 42.5 Å². The number of hydrogen-bond acceptors (Lipinski definition) is 5. The van der Waals surface area contributed by atoms with E-state index >= 15 is 0 Å². The Morgan fingerprint density at radius 3 is 2.50 bits per heavy atom. The molecule has 0 bridgehead atoms. The molecule has 0 unspecified atom stereocenters. The van der Waals surface area contributed by atoms with Crippen molar-refractivity contribution in [2.75, 3.05) is 0 Å². The lowest BCUT2D eigenvalue weighted by Crippen LogP contribution is -1.99. The fourth-order valence-electron chi connectivity index (χ4n) is 1.63. The molecule has 0 aliphatic rings. The molecule has 0 saturated heterocycles. The lowest BCUT2D eigenvalue weighted by molar-refractivity contribution is -0.386. The van der Waals surface area contributed by atoms with Crippen molar-refractivity contribution in [2.45, 2.75) is 6.61 Å². The number of nitro groups is 1. The van der Waals surface area contributed by atoms with Gasteiger partial charge in [0.1, 0.15) is 18.6 Å². The minimum absolute atomic E-state index is 0.0914. The van der Waals surface area contributed by atoms with Gasteiger partial charge in [0.05, 0.1) is 4.92 Å². The van der Waals surface area contributed by atoms with Crippen LogP contribution in [-0.4, -0.2) is 16.3 Å². The van der Waals surface area contributed by atoms with E-state index < -0.39 is 4.92 Å². The molecule has 0 atom stereocenters. The number of aldehydes is 1. The van der Waals surface area contributed by atoms with Crippen molar-refractivity contribution in [1.82, 2.24) is 0 Å². The number of ether oxygens (including phenoxy) is 1. The molecule has 20 heavy (non-hydrogen) atoms. The Labute approximate surface area is 114 Å². The number of aromatic hydroxyl groups is 1. The summed E-state index contributed by atoms with van der Waals surface area (Å²) in [5, 5.41) is 20.1. The fraction of sp³-hybridized carbons (Fsp3) is 0.0714. The molecule has 0 aromatic heterocycles. The van der Waals surface area contributed by atoms with Crippen molar-refractivity contribution in [1.29, 1.82) is 0 Å². The highest BCUT2D eigenvalue weighted by molar-refractivity contribution is 5.77. The third kappa shape index (κ3) is 3.11. The monoisotopic (exact) mass is 273 g/mol. The Morgan fingerprint density at radius 1 is 1.20 bits per heavy atom. The lowest BCUT2D eigenvalue weighted by atomic mass is 10.2. The summed E-state index contributed by atoms with van der Waals surface area (Å²) < 4.78 is 5.38. The van der Waals surface area contributed by atoms with Gasteiger partial charge in [-0.1, -0.05) is 12.1 Å². The molecule has 6 heteroatoms. The zero-order valence-corrected chi connectivity index (χ0v) is 10.4. The van der Waals surface area contributed by atoms with Crippen LogP contribution in [0.5, 0.6) is 11.5 Å². The molecule has 2 rings (SSSR count). The number of phenolic OH excluding ortho intramolecular Hbond substituents is 1. The van der Waals surface area contributed by atoms with Gasteiger partial charge in [-0.3, -0.25) is 14.9 Å². The topological polar surface area (TPSA) is 89.7 Å². The molecule has 0 spiro atoms. The van der Waals surface area contributed by atoms with Crippen LogP contribution in [0.25, 0.3) is 0 Å². The highest BCUT2D eigenvalue weighted by Crippen LogP contribution is 2.28. The molecule has 0 aliphatic heterocycles. The zero-order chi connectivity index (χ0) is 14.5. The van der Waals surface area contributed by atoms with E-state index in [1.54, 1.807) is 12.1 Å². The van der Waals surface area contributed by atoms with Gasteiger partial charge in [0.15, 0.2) is 5.75 Å². The van der Waals surface area contributed by atoms with Crippen LogP contribution in [0.1, 0.15) is 15.9 Å². The van der Waals surface area contributed by atoms with Crippen molar-refractivity contribution in [3.63, 3.8) is 0 Å². The number of carbonyl (C=O) groups is 1. The van der Waals surface area contributed by atoms with E-state index in [0.717, 1.165) is 5.56 Å². The number of nitro benzene ring substituents is 1. The standard InChI is InChI=1S/C14H11NO5/c16-8-11-3-6-14(13(7-11)15(18)19)20-9-10-1-4-12(17)5-2-10/h1-8,17H,9H2. The molecule has 1 N–H and O–H groups in total. The average molecular weight is 273 g/mol. The van der Waals surface area contributed by atoms with Crippen molar-refractivity contribution in [3.05, 3.63) is 63.7 Å². The van der Waals surface area contributed by atoms with Crippen LogP contribution in [0.2, 0.25) is 0 Å². The molecule has 0 fully saturated rings. The highest BCUT2D eigenvalue weighted by Gasteiger charge is 2.16. The van der Waals surface area contributed by atoms with Gasteiger partial charge in [-0.05, 0) is 29.8 Å². The summed E-state index contributed by atoms with van der Waals surface area (Å²) in [7, 11) is 0. The first-order valence-electron chi connectivity index (χ1n) is 5.74. The second-order valence-corrected chi connectivity index (χ2v) is 4.06. The molecule has 0 aliphatic carbocycles.